The van der Waals surface area contributed by atoms with Crippen molar-refractivity contribution in [3.05, 3.63) is 16.8 Å². The van der Waals surface area contributed by atoms with Gasteiger partial charge in [-0.3, -0.25) is 0 Å². The third-order valence-corrected chi connectivity index (χ3v) is 5.01. The van der Waals surface area contributed by atoms with Crippen LogP contribution in [0.1, 0.15) is 23.3 Å². The molecule has 5 heteroatoms. The molecular formula is C14H20N4S. The fourth-order valence-corrected chi connectivity index (χ4v) is 3.36. The van der Waals surface area contributed by atoms with Crippen LogP contribution in [0.4, 0.5) is 5.82 Å². The normalized spacial score (nSPS) is 15.4. The Kier molecular flexibility index (Phi) is 3.41. The van der Waals surface area contributed by atoms with Crippen molar-refractivity contribution >= 4 is 27.4 Å². The molecule has 3 rings (SSSR count). The predicted octanol–water partition coefficient (Wildman–Crippen LogP) is 2.81. The number of hydrogen-bond acceptors (Lipinski definition) is 5. The first-order chi connectivity index (χ1) is 9.16. The van der Waals surface area contributed by atoms with Crippen molar-refractivity contribution in [2.24, 2.45) is 0 Å². The summed E-state index contributed by atoms with van der Waals surface area (Å²) in [6.07, 6.45) is 4.37. The molecule has 2 heterocycles. The number of nitrogens with zero attached hydrogens (tertiary/aromatic N) is 3. The van der Waals surface area contributed by atoms with E-state index >= 15 is 0 Å². The molecule has 0 atom stereocenters. The van der Waals surface area contributed by atoms with E-state index in [1.807, 2.05) is 0 Å². The molecule has 2 aromatic heterocycles. The maximum atomic E-state index is 4.40. The van der Waals surface area contributed by atoms with E-state index < -0.39 is 0 Å². The van der Waals surface area contributed by atoms with Gasteiger partial charge in [-0.15, -0.1) is 11.3 Å². The van der Waals surface area contributed by atoms with Gasteiger partial charge >= 0.3 is 0 Å². The van der Waals surface area contributed by atoms with E-state index in [2.05, 4.69) is 41.1 Å². The fraction of sp³-hybridized carbons (Fsp3) is 0.571. The van der Waals surface area contributed by atoms with Gasteiger partial charge in [-0.05, 0) is 39.3 Å². The van der Waals surface area contributed by atoms with Crippen molar-refractivity contribution in [2.75, 3.05) is 25.5 Å². The van der Waals surface area contributed by atoms with Crippen LogP contribution in [0.3, 0.4) is 0 Å². The minimum absolute atomic E-state index is 0.817. The number of nitrogens with one attached hydrogen (secondary N) is 1. The van der Waals surface area contributed by atoms with Crippen molar-refractivity contribution in [2.45, 2.75) is 32.7 Å². The summed E-state index contributed by atoms with van der Waals surface area (Å²) in [6.45, 7) is 6.30. The molecule has 0 bridgehead atoms. The number of hydrogen-bond donors (Lipinski definition) is 1. The molecule has 102 valence electrons. The lowest BCUT2D eigenvalue weighted by molar-refractivity contribution is 0.337. The van der Waals surface area contributed by atoms with Crippen LogP contribution in [0.5, 0.6) is 0 Å². The lowest BCUT2D eigenvalue weighted by atomic mass is 10.2. The van der Waals surface area contributed by atoms with E-state index in [-0.39, 0.29) is 0 Å². The standard InChI is InChI=1S/C14H20N4S/c1-9-10(2)19-14-12(9)13(16-8-17-14)15-6-7-18(3)11-4-5-11/h8,11H,4-7H2,1-3H3,(H,15,16,17). The number of fused-ring (bicyclic) bond motifs is 1. The van der Waals surface area contributed by atoms with Crippen LogP contribution in [0.15, 0.2) is 6.33 Å². The predicted molar refractivity (Wildman–Crippen MR) is 81.0 cm³/mol. The Morgan fingerprint density at radius 2 is 2.16 bits per heavy atom. The highest BCUT2D eigenvalue weighted by atomic mass is 32.1. The molecule has 0 aliphatic heterocycles. The van der Waals surface area contributed by atoms with Crippen molar-refractivity contribution in [3.8, 4) is 0 Å². The number of anilines is 1. The van der Waals surface area contributed by atoms with Crippen LogP contribution in [0.2, 0.25) is 0 Å². The average molecular weight is 276 g/mol. The van der Waals surface area contributed by atoms with Crippen LogP contribution >= 0.6 is 11.3 Å². The monoisotopic (exact) mass is 276 g/mol. The van der Waals surface area contributed by atoms with Gasteiger partial charge in [-0.25, -0.2) is 9.97 Å². The summed E-state index contributed by atoms with van der Waals surface area (Å²) < 4.78 is 0. The molecule has 19 heavy (non-hydrogen) atoms. The maximum absolute atomic E-state index is 4.40. The Morgan fingerprint density at radius 3 is 2.89 bits per heavy atom. The molecule has 0 unspecified atom stereocenters. The lowest BCUT2D eigenvalue weighted by Gasteiger charge is -2.16. The van der Waals surface area contributed by atoms with E-state index in [0.717, 1.165) is 29.8 Å². The van der Waals surface area contributed by atoms with Gasteiger partial charge in [0.05, 0.1) is 5.39 Å². The van der Waals surface area contributed by atoms with Crippen molar-refractivity contribution in [1.82, 2.24) is 14.9 Å². The lowest BCUT2D eigenvalue weighted by Crippen LogP contribution is -2.27. The molecular weight excluding hydrogens is 256 g/mol. The Balaban J connectivity index is 1.73. The Bertz CT molecular complexity index is 588. The number of aromatic nitrogens is 2. The summed E-state index contributed by atoms with van der Waals surface area (Å²) in [4.78, 5) is 13.6. The van der Waals surface area contributed by atoms with Crippen LogP contribution in [-0.2, 0) is 0 Å². The molecule has 1 aliphatic rings. The van der Waals surface area contributed by atoms with Crippen LogP contribution < -0.4 is 5.32 Å². The molecule has 1 saturated carbocycles. The van der Waals surface area contributed by atoms with E-state index in [1.165, 1.54) is 28.7 Å². The zero-order valence-corrected chi connectivity index (χ0v) is 12.5. The Labute approximate surface area is 117 Å². The highest BCUT2D eigenvalue weighted by molar-refractivity contribution is 7.18. The first-order valence-electron chi connectivity index (χ1n) is 6.81. The molecule has 0 aromatic carbocycles. The maximum Gasteiger partial charge on any atom is 0.138 e. The summed E-state index contributed by atoms with van der Waals surface area (Å²) in [5.41, 5.74) is 1.30. The van der Waals surface area contributed by atoms with Gasteiger partial charge in [0.25, 0.3) is 0 Å². The summed E-state index contributed by atoms with van der Waals surface area (Å²) in [7, 11) is 2.20. The first kappa shape index (κ1) is 12.8. The molecule has 1 fully saturated rings. The van der Waals surface area contributed by atoms with Gasteiger partial charge in [0.15, 0.2) is 0 Å². The van der Waals surface area contributed by atoms with Crippen LogP contribution in [-0.4, -0.2) is 41.0 Å². The molecule has 0 amide bonds. The molecule has 0 radical (unpaired) electrons. The van der Waals surface area contributed by atoms with Crippen LogP contribution in [0, 0.1) is 13.8 Å². The van der Waals surface area contributed by atoms with Crippen molar-refractivity contribution in [3.63, 3.8) is 0 Å². The Morgan fingerprint density at radius 1 is 1.37 bits per heavy atom. The first-order valence-corrected chi connectivity index (χ1v) is 7.63. The minimum Gasteiger partial charge on any atom is -0.368 e. The zero-order valence-electron chi connectivity index (χ0n) is 11.7. The average Bonchev–Trinajstić information content (AvgIpc) is 3.18. The third kappa shape index (κ3) is 2.58. The zero-order chi connectivity index (χ0) is 13.4. The fourth-order valence-electron chi connectivity index (χ4n) is 2.36. The second kappa shape index (κ2) is 5.06. The molecule has 2 aromatic rings. The quantitative estimate of drug-likeness (QED) is 0.911. The number of thiophene rings is 1. The van der Waals surface area contributed by atoms with Gasteiger partial charge in [0.2, 0.25) is 0 Å². The minimum atomic E-state index is 0.817. The number of rotatable bonds is 5. The summed E-state index contributed by atoms with van der Waals surface area (Å²) in [5.74, 6) is 0.982. The van der Waals surface area contributed by atoms with Gasteiger partial charge in [0, 0.05) is 24.0 Å². The van der Waals surface area contributed by atoms with E-state index in [4.69, 9.17) is 0 Å². The van der Waals surface area contributed by atoms with Gasteiger partial charge in [0.1, 0.15) is 17.0 Å². The van der Waals surface area contributed by atoms with Crippen molar-refractivity contribution in [1.29, 1.82) is 0 Å². The SMILES string of the molecule is Cc1sc2ncnc(NCCN(C)C3CC3)c2c1C. The molecule has 0 spiro atoms. The van der Waals surface area contributed by atoms with Crippen molar-refractivity contribution < 1.29 is 0 Å². The number of likely N-dealkylation sites (N-methyl/N-ethyl adjacent to an activating group) is 1. The van der Waals surface area contributed by atoms with E-state index in [1.54, 1.807) is 17.7 Å². The Hall–Kier alpha value is -1.20. The molecule has 4 nitrogen and oxygen atoms in total. The third-order valence-electron chi connectivity index (χ3n) is 3.89. The second-order valence-electron chi connectivity index (χ2n) is 5.32. The van der Waals surface area contributed by atoms with E-state index in [0.29, 0.717) is 0 Å². The van der Waals surface area contributed by atoms with Gasteiger partial charge in [-0.2, -0.15) is 0 Å². The van der Waals surface area contributed by atoms with Gasteiger partial charge < -0.3 is 10.2 Å². The largest absolute Gasteiger partial charge is 0.368 e. The topological polar surface area (TPSA) is 41.1 Å². The van der Waals surface area contributed by atoms with E-state index in [9.17, 15) is 0 Å². The second-order valence-corrected chi connectivity index (χ2v) is 6.53. The highest BCUT2D eigenvalue weighted by Crippen LogP contribution is 2.32. The summed E-state index contributed by atoms with van der Waals surface area (Å²) in [5, 5.41) is 4.66. The molecule has 1 N–H and O–H groups in total. The highest BCUT2D eigenvalue weighted by Gasteiger charge is 2.25. The summed E-state index contributed by atoms with van der Waals surface area (Å²) >= 11 is 1.75. The smallest absolute Gasteiger partial charge is 0.138 e. The number of aryl methyl sites for hydroxylation is 2. The van der Waals surface area contributed by atoms with Crippen LogP contribution in [0.25, 0.3) is 10.2 Å². The van der Waals surface area contributed by atoms with Gasteiger partial charge in [-0.1, -0.05) is 0 Å². The molecule has 1 aliphatic carbocycles. The molecule has 0 saturated heterocycles. The summed E-state index contributed by atoms with van der Waals surface area (Å²) in [6, 6.07) is 0.817.